The summed E-state index contributed by atoms with van der Waals surface area (Å²) < 4.78 is 1.62. The first-order valence-corrected chi connectivity index (χ1v) is 10.6. The van der Waals surface area contributed by atoms with Crippen LogP contribution in [-0.4, -0.2) is 0 Å². The van der Waals surface area contributed by atoms with E-state index in [2.05, 4.69) is 60.7 Å². The number of hydrogen-bond acceptors (Lipinski definition) is 0. The molecule has 5 rings (SSSR count). The molecule has 0 saturated carbocycles. The number of benzene rings is 2. The van der Waals surface area contributed by atoms with Gasteiger partial charge in [-0.25, -0.2) is 0 Å². The summed E-state index contributed by atoms with van der Waals surface area (Å²) in [6.45, 7) is 0. The third kappa shape index (κ3) is 1.83. The number of fused-ring (bicyclic) bond motifs is 6. The molecular formula is C20H16Zr. The van der Waals surface area contributed by atoms with Crippen LogP contribution in [0.25, 0.3) is 12.2 Å². The van der Waals surface area contributed by atoms with Gasteiger partial charge < -0.3 is 0 Å². The van der Waals surface area contributed by atoms with Crippen LogP contribution in [0.3, 0.4) is 0 Å². The van der Waals surface area contributed by atoms with E-state index in [1.807, 2.05) is 0 Å². The van der Waals surface area contributed by atoms with Gasteiger partial charge in [-0.1, -0.05) is 0 Å². The van der Waals surface area contributed by atoms with Gasteiger partial charge in [-0.3, -0.25) is 0 Å². The van der Waals surface area contributed by atoms with Crippen LogP contribution in [0.2, 0.25) is 0 Å². The molecule has 1 aliphatic heterocycles. The zero-order chi connectivity index (χ0) is 13.8. The summed E-state index contributed by atoms with van der Waals surface area (Å²) in [5, 5.41) is 0. The van der Waals surface area contributed by atoms with E-state index in [1.165, 1.54) is 24.0 Å². The SMILES string of the molecule is C1=C2CCC3=Cc4ccccc4[CH]3[Zr][CH]2c2ccccc21. The summed E-state index contributed by atoms with van der Waals surface area (Å²) in [7, 11) is 0. The number of allylic oxidation sites excluding steroid dienone is 2. The average Bonchev–Trinajstić information content (AvgIpc) is 3.00. The molecule has 2 atom stereocenters. The molecule has 0 nitrogen and oxygen atoms in total. The molecule has 1 saturated heterocycles. The summed E-state index contributed by atoms with van der Waals surface area (Å²) >= 11 is -0.553. The van der Waals surface area contributed by atoms with Gasteiger partial charge in [0.05, 0.1) is 0 Å². The van der Waals surface area contributed by atoms with E-state index >= 15 is 0 Å². The van der Waals surface area contributed by atoms with Crippen molar-refractivity contribution in [2.75, 3.05) is 0 Å². The molecule has 2 aromatic rings. The second kappa shape index (κ2) is 4.65. The van der Waals surface area contributed by atoms with Gasteiger partial charge in [0, 0.05) is 0 Å². The second-order valence-electron chi connectivity index (χ2n) is 6.23. The van der Waals surface area contributed by atoms with Crippen molar-refractivity contribution in [3.63, 3.8) is 0 Å². The van der Waals surface area contributed by atoms with E-state index in [4.69, 9.17) is 0 Å². The van der Waals surface area contributed by atoms with Gasteiger partial charge in [-0.2, -0.15) is 0 Å². The van der Waals surface area contributed by atoms with Crippen molar-refractivity contribution < 1.29 is 23.2 Å². The van der Waals surface area contributed by atoms with Gasteiger partial charge in [-0.15, -0.1) is 0 Å². The van der Waals surface area contributed by atoms with Crippen LogP contribution in [0.15, 0.2) is 59.7 Å². The molecule has 21 heavy (non-hydrogen) atoms. The molecule has 1 heterocycles. The Labute approximate surface area is 137 Å². The molecule has 0 radical (unpaired) electrons. The molecule has 0 bridgehead atoms. The van der Waals surface area contributed by atoms with Crippen molar-refractivity contribution in [3.05, 3.63) is 81.9 Å². The van der Waals surface area contributed by atoms with Crippen molar-refractivity contribution in [2.45, 2.75) is 20.1 Å². The molecule has 1 fully saturated rings. The first kappa shape index (κ1) is 12.4. The standard InChI is InChI=1S/C20H16.Zr/c1-2-6-18-12-15(11-17(18)5-1)9-10-16-13-19-7-3-4-8-20(19)14-16;/h1-8,11-14H,9-10H2;. The Morgan fingerprint density at radius 1 is 0.667 bits per heavy atom. The third-order valence-corrected chi connectivity index (χ3v) is 10.1. The van der Waals surface area contributed by atoms with Gasteiger partial charge >= 0.3 is 137 Å². The fourth-order valence-corrected chi connectivity index (χ4v) is 9.22. The van der Waals surface area contributed by atoms with Crippen LogP contribution in [-0.2, 0) is 23.2 Å². The van der Waals surface area contributed by atoms with Crippen LogP contribution in [0.1, 0.15) is 42.3 Å². The van der Waals surface area contributed by atoms with E-state index in [0.29, 0.717) is 0 Å². The van der Waals surface area contributed by atoms with Gasteiger partial charge in [0.15, 0.2) is 0 Å². The summed E-state index contributed by atoms with van der Waals surface area (Å²) in [4.78, 5) is 0. The molecule has 3 aliphatic rings. The molecular weight excluding hydrogens is 331 g/mol. The molecule has 0 amide bonds. The number of rotatable bonds is 0. The van der Waals surface area contributed by atoms with E-state index in [0.717, 1.165) is 7.25 Å². The average molecular weight is 348 g/mol. The molecule has 2 unspecified atom stereocenters. The van der Waals surface area contributed by atoms with Crippen LogP contribution in [0.5, 0.6) is 0 Å². The van der Waals surface area contributed by atoms with Crippen LogP contribution in [0.4, 0.5) is 0 Å². The second-order valence-corrected chi connectivity index (χ2v) is 9.89. The van der Waals surface area contributed by atoms with E-state index < -0.39 is 23.2 Å². The monoisotopic (exact) mass is 346 g/mol. The summed E-state index contributed by atoms with van der Waals surface area (Å²) in [6, 6.07) is 18.2. The van der Waals surface area contributed by atoms with Crippen LogP contribution in [0, 0.1) is 0 Å². The maximum atomic E-state index is 2.49. The predicted molar refractivity (Wildman–Crippen MR) is 83.6 cm³/mol. The summed E-state index contributed by atoms with van der Waals surface area (Å²) in [5.41, 5.74) is 9.72. The normalized spacial score (nSPS) is 24.8. The topological polar surface area (TPSA) is 0 Å². The van der Waals surface area contributed by atoms with Gasteiger partial charge in [0.25, 0.3) is 0 Å². The van der Waals surface area contributed by atoms with E-state index in [1.54, 1.807) is 22.3 Å². The minimum absolute atomic E-state index is 0.553. The van der Waals surface area contributed by atoms with Crippen molar-refractivity contribution >= 4 is 12.2 Å². The summed E-state index contributed by atoms with van der Waals surface area (Å²) in [5.74, 6) is 0. The molecule has 0 spiro atoms. The van der Waals surface area contributed by atoms with Gasteiger partial charge in [0.1, 0.15) is 0 Å². The fraction of sp³-hybridized carbons (Fsp3) is 0.200. The predicted octanol–water partition coefficient (Wildman–Crippen LogP) is 5.14. The fourth-order valence-electron chi connectivity index (χ4n) is 4.06. The van der Waals surface area contributed by atoms with Gasteiger partial charge in [-0.05, 0) is 0 Å². The third-order valence-electron chi connectivity index (χ3n) is 5.07. The Balaban J connectivity index is 1.60. The molecule has 2 aliphatic carbocycles. The van der Waals surface area contributed by atoms with Crippen molar-refractivity contribution in [1.82, 2.24) is 0 Å². The van der Waals surface area contributed by atoms with Crippen LogP contribution >= 0.6 is 0 Å². The Hall–Kier alpha value is -1.20. The van der Waals surface area contributed by atoms with Crippen molar-refractivity contribution in [3.8, 4) is 0 Å². The molecule has 0 N–H and O–H groups in total. The Morgan fingerprint density at radius 3 is 1.67 bits per heavy atom. The molecule has 0 aromatic heterocycles. The first-order chi connectivity index (χ1) is 10.4. The van der Waals surface area contributed by atoms with Crippen LogP contribution < -0.4 is 0 Å². The van der Waals surface area contributed by atoms with Crippen molar-refractivity contribution in [2.24, 2.45) is 0 Å². The zero-order valence-corrected chi connectivity index (χ0v) is 14.3. The zero-order valence-electron chi connectivity index (χ0n) is 11.8. The first-order valence-electron chi connectivity index (χ1n) is 7.75. The maximum absolute atomic E-state index is 2.49. The van der Waals surface area contributed by atoms with E-state index in [-0.39, 0.29) is 0 Å². The van der Waals surface area contributed by atoms with Crippen molar-refractivity contribution in [1.29, 1.82) is 0 Å². The van der Waals surface area contributed by atoms with E-state index in [9.17, 15) is 0 Å². The van der Waals surface area contributed by atoms with Gasteiger partial charge in [0.2, 0.25) is 0 Å². The Kier molecular flexibility index (Phi) is 2.74. The molecule has 2 aromatic carbocycles. The summed E-state index contributed by atoms with van der Waals surface area (Å²) in [6.07, 6.45) is 7.54. The number of hydrogen-bond donors (Lipinski definition) is 0. The molecule has 1 heteroatoms. The quantitative estimate of drug-likeness (QED) is 0.619. The minimum atomic E-state index is -0.553. The Bertz CT molecular complexity index is 729. The Morgan fingerprint density at radius 2 is 1.14 bits per heavy atom. The molecule has 100 valence electrons.